The van der Waals surface area contributed by atoms with Gasteiger partial charge in [-0.3, -0.25) is 9.59 Å². The molecule has 0 spiro atoms. The van der Waals surface area contributed by atoms with Crippen LogP contribution in [0.4, 0.5) is 0 Å². The van der Waals surface area contributed by atoms with E-state index in [2.05, 4.69) is 0 Å². The van der Waals surface area contributed by atoms with E-state index >= 15 is 0 Å². The molecule has 7 heteroatoms. The summed E-state index contributed by atoms with van der Waals surface area (Å²) < 4.78 is 11.1. The number of ketones is 1. The number of aliphatic hydroxyl groups is 2. The van der Waals surface area contributed by atoms with Crippen molar-refractivity contribution >= 4 is 11.8 Å². The zero-order valence-electron chi connectivity index (χ0n) is 18.6. The van der Waals surface area contributed by atoms with Crippen LogP contribution in [0.15, 0.2) is 0 Å². The second-order valence-electron chi connectivity index (χ2n) is 8.55. The number of hydrogen-bond donors (Lipinski definition) is 3. The van der Waals surface area contributed by atoms with Crippen molar-refractivity contribution < 1.29 is 34.4 Å². The van der Waals surface area contributed by atoms with Crippen LogP contribution in [-0.4, -0.2) is 58.3 Å². The fraction of sp³-hybridized carbons (Fsp3) is 0.913. The molecule has 0 aliphatic carbocycles. The Bertz CT molecular complexity index is 468. The Labute approximate surface area is 181 Å². The number of hydrogen-bond acceptors (Lipinski definition) is 6. The topological polar surface area (TPSA) is 113 Å². The van der Waals surface area contributed by atoms with Crippen molar-refractivity contribution in [2.24, 2.45) is 0 Å². The lowest BCUT2D eigenvalue weighted by molar-refractivity contribution is -0.261. The standard InChI is InChI=1S/C23H42O7/c1-18-20(25)17-21(26)23(30-18)29-15-13-11-9-7-5-3-2-4-6-8-10-12-14-19(24)16-22(27)28/h18,20-21,23,25-26H,2-17H2,1H3,(H,27,28)/t18-,20+,21+,23+/m0/s1. The number of aliphatic carboxylic acids is 1. The smallest absolute Gasteiger partial charge is 0.310 e. The first kappa shape index (κ1) is 27.0. The van der Waals surface area contributed by atoms with Crippen LogP contribution in [-0.2, 0) is 19.1 Å². The molecule has 3 N–H and O–H groups in total. The number of aliphatic hydroxyl groups excluding tert-OH is 2. The first-order valence-corrected chi connectivity index (χ1v) is 11.8. The second kappa shape index (κ2) is 16.6. The minimum Gasteiger partial charge on any atom is -0.481 e. The molecule has 4 atom stereocenters. The molecule has 1 saturated heterocycles. The zero-order chi connectivity index (χ0) is 22.2. The van der Waals surface area contributed by atoms with Gasteiger partial charge in [0.25, 0.3) is 0 Å². The van der Waals surface area contributed by atoms with E-state index in [0.717, 1.165) is 32.1 Å². The van der Waals surface area contributed by atoms with Crippen molar-refractivity contribution in [3.63, 3.8) is 0 Å². The average molecular weight is 431 g/mol. The van der Waals surface area contributed by atoms with E-state index in [1.165, 1.54) is 44.9 Å². The highest BCUT2D eigenvalue weighted by Crippen LogP contribution is 2.21. The number of Topliss-reactive ketones (excluding diaryl/α,β-unsaturated/α-hetero) is 1. The maximum Gasteiger partial charge on any atom is 0.310 e. The van der Waals surface area contributed by atoms with Crippen molar-refractivity contribution in [2.45, 2.75) is 128 Å². The van der Waals surface area contributed by atoms with Gasteiger partial charge in [0.2, 0.25) is 0 Å². The van der Waals surface area contributed by atoms with Gasteiger partial charge in [-0.05, 0) is 19.8 Å². The number of carbonyl (C=O) groups excluding carboxylic acids is 1. The van der Waals surface area contributed by atoms with Gasteiger partial charge in [-0.1, -0.05) is 64.2 Å². The SMILES string of the molecule is C[C@@H]1O[C@@H](OCCCCCCCCCCCCCCC(=O)CC(=O)O)[C@H](O)C[C@H]1O. The fourth-order valence-electron chi connectivity index (χ4n) is 3.74. The molecule has 176 valence electrons. The van der Waals surface area contributed by atoms with Gasteiger partial charge in [0.1, 0.15) is 18.3 Å². The van der Waals surface area contributed by atoms with Crippen LogP contribution < -0.4 is 0 Å². The highest BCUT2D eigenvalue weighted by molar-refractivity contribution is 5.94. The molecule has 1 aliphatic rings. The molecule has 7 nitrogen and oxygen atoms in total. The van der Waals surface area contributed by atoms with Crippen molar-refractivity contribution in [2.75, 3.05) is 6.61 Å². The molecule has 0 radical (unpaired) electrons. The Balaban J connectivity index is 1.80. The average Bonchev–Trinajstić information content (AvgIpc) is 2.68. The van der Waals surface area contributed by atoms with Gasteiger partial charge in [0, 0.05) is 19.4 Å². The van der Waals surface area contributed by atoms with E-state index in [9.17, 15) is 19.8 Å². The Kier molecular flexibility index (Phi) is 15.0. The van der Waals surface area contributed by atoms with E-state index in [4.69, 9.17) is 14.6 Å². The quantitative estimate of drug-likeness (QED) is 0.223. The van der Waals surface area contributed by atoms with E-state index in [1.807, 2.05) is 0 Å². The monoisotopic (exact) mass is 430 g/mol. The minimum absolute atomic E-state index is 0.164. The number of unbranched alkanes of at least 4 members (excludes halogenated alkanes) is 11. The lowest BCUT2D eigenvalue weighted by Gasteiger charge is -2.35. The summed E-state index contributed by atoms with van der Waals surface area (Å²) in [5.41, 5.74) is 0. The highest BCUT2D eigenvalue weighted by Gasteiger charge is 2.34. The largest absolute Gasteiger partial charge is 0.481 e. The number of rotatable bonds is 18. The Morgan fingerprint density at radius 1 is 0.833 bits per heavy atom. The maximum atomic E-state index is 11.3. The van der Waals surface area contributed by atoms with Gasteiger partial charge in [-0.15, -0.1) is 0 Å². The first-order valence-electron chi connectivity index (χ1n) is 11.8. The third-order valence-electron chi connectivity index (χ3n) is 5.67. The van der Waals surface area contributed by atoms with Crippen LogP contribution in [0.5, 0.6) is 0 Å². The van der Waals surface area contributed by atoms with Gasteiger partial charge >= 0.3 is 5.97 Å². The van der Waals surface area contributed by atoms with Gasteiger partial charge in [0.15, 0.2) is 6.29 Å². The van der Waals surface area contributed by atoms with E-state index < -0.39 is 24.5 Å². The fourth-order valence-corrected chi connectivity index (χ4v) is 3.74. The third kappa shape index (κ3) is 13.3. The predicted octanol–water partition coefficient (Wildman–Crippen LogP) is 3.97. The van der Waals surface area contributed by atoms with Crippen LogP contribution in [0.1, 0.15) is 103 Å². The Hall–Kier alpha value is -1.02. The molecular weight excluding hydrogens is 388 g/mol. The molecule has 0 aromatic heterocycles. The summed E-state index contributed by atoms with van der Waals surface area (Å²) in [5.74, 6) is -1.19. The molecule has 1 rings (SSSR count). The van der Waals surface area contributed by atoms with Crippen LogP contribution in [0.25, 0.3) is 0 Å². The summed E-state index contributed by atoms with van der Waals surface area (Å²) >= 11 is 0. The summed E-state index contributed by atoms with van der Waals surface area (Å²) in [5, 5.41) is 28.0. The zero-order valence-corrected chi connectivity index (χ0v) is 18.6. The molecule has 30 heavy (non-hydrogen) atoms. The van der Waals surface area contributed by atoms with E-state index in [1.54, 1.807) is 6.92 Å². The molecule has 1 heterocycles. The summed E-state index contributed by atoms with van der Waals surface area (Å²) in [6.07, 6.45) is 11.7. The van der Waals surface area contributed by atoms with Gasteiger partial charge < -0.3 is 24.8 Å². The van der Waals surface area contributed by atoms with Crippen molar-refractivity contribution in [3.05, 3.63) is 0 Å². The summed E-state index contributed by atoms with van der Waals surface area (Å²) in [7, 11) is 0. The lowest BCUT2D eigenvalue weighted by Crippen LogP contribution is -2.47. The van der Waals surface area contributed by atoms with Crippen LogP contribution in [0.2, 0.25) is 0 Å². The number of carboxylic acid groups (broad SMARTS) is 1. The molecular formula is C23H42O7. The molecule has 0 aromatic carbocycles. The normalized spacial score (nSPS) is 24.1. The number of carbonyl (C=O) groups is 2. The maximum absolute atomic E-state index is 11.3. The summed E-state index contributed by atoms with van der Waals surface area (Å²) in [6, 6.07) is 0. The summed E-state index contributed by atoms with van der Waals surface area (Å²) in [6.45, 7) is 2.37. The van der Waals surface area contributed by atoms with E-state index in [0.29, 0.717) is 19.4 Å². The Morgan fingerprint density at radius 2 is 1.33 bits per heavy atom. The van der Waals surface area contributed by atoms with Gasteiger partial charge in [-0.2, -0.15) is 0 Å². The van der Waals surface area contributed by atoms with Crippen LogP contribution >= 0.6 is 0 Å². The van der Waals surface area contributed by atoms with Crippen molar-refractivity contribution in [3.8, 4) is 0 Å². The summed E-state index contributed by atoms with van der Waals surface area (Å²) in [4.78, 5) is 21.7. The molecule has 1 aliphatic heterocycles. The molecule has 0 amide bonds. The first-order chi connectivity index (χ1) is 14.4. The predicted molar refractivity (Wildman–Crippen MR) is 114 cm³/mol. The molecule has 0 saturated carbocycles. The van der Waals surface area contributed by atoms with Crippen molar-refractivity contribution in [1.29, 1.82) is 0 Å². The van der Waals surface area contributed by atoms with E-state index in [-0.39, 0.29) is 18.3 Å². The molecule has 0 unspecified atom stereocenters. The Morgan fingerprint density at radius 3 is 1.87 bits per heavy atom. The molecule has 1 fully saturated rings. The van der Waals surface area contributed by atoms with Crippen LogP contribution in [0.3, 0.4) is 0 Å². The van der Waals surface area contributed by atoms with Crippen molar-refractivity contribution in [1.82, 2.24) is 0 Å². The second-order valence-corrected chi connectivity index (χ2v) is 8.55. The number of carboxylic acids is 1. The number of ether oxygens (including phenoxy) is 2. The minimum atomic E-state index is -1.03. The highest BCUT2D eigenvalue weighted by atomic mass is 16.7. The van der Waals surface area contributed by atoms with Gasteiger partial charge in [0.05, 0.1) is 12.2 Å². The molecule has 0 aromatic rings. The van der Waals surface area contributed by atoms with Gasteiger partial charge in [-0.25, -0.2) is 0 Å². The molecule has 0 bridgehead atoms. The third-order valence-corrected chi connectivity index (χ3v) is 5.67. The van der Waals surface area contributed by atoms with Crippen LogP contribution in [0, 0.1) is 0 Å². The lowest BCUT2D eigenvalue weighted by atomic mass is 10.0.